The van der Waals surface area contributed by atoms with Gasteiger partial charge in [-0.2, -0.15) is 0 Å². The van der Waals surface area contributed by atoms with Gasteiger partial charge in [0.1, 0.15) is 0 Å². The van der Waals surface area contributed by atoms with Gasteiger partial charge in [-0.1, -0.05) is 0 Å². The Morgan fingerprint density at radius 2 is 0.692 bits per heavy atom. The Morgan fingerprint density at radius 3 is 0.692 bits per heavy atom. The van der Waals surface area contributed by atoms with E-state index in [4.69, 9.17) is 45.0 Å². The number of rotatable bonds is 0. The molecule has 0 bridgehead atoms. The minimum Gasteiger partial charge on any atom is -0.565 e. The van der Waals surface area contributed by atoms with E-state index >= 15 is 0 Å². The number of hydrogen-bond acceptors (Lipinski definition) is 6. The maximum atomic E-state index is 8.44. The first-order chi connectivity index (χ1) is 5.20. The number of carbonyl (C=O) groups is 3. The topological polar surface area (TPSA) is 181 Å². The first-order valence-electron chi connectivity index (χ1n) is 1.90. The molecule has 0 atom stereocenters. The smallest absolute Gasteiger partial charge is 0.565 e. The van der Waals surface area contributed by atoms with Crippen molar-refractivity contribution in [3.05, 3.63) is 0 Å². The normalized spacial score (nSPS) is 5.54. The van der Waals surface area contributed by atoms with Crippen molar-refractivity contribution in [2.75, 3.05) is 0 Å². The summed E-state index contributed by atoms with van der Waals surface area (Å²) in [5.74, 6) is 0. The molecule has 0 aromatic carbocycles. The third-order valence-corrected chi connectivity index (χ3v) is 0. The summed E-state index contributed by atoms with van der Waals surface area (Å²) in [6, 6.07) is 0. The van der Waals surface area contributed by atoms with Crippen LogP contribution in [0.4, 0.5) is 14.4 Å². The number of carboxylic acid groups (broad SMARTS) is 6. The minimum atomic E-state index is -2.08. The van der Waals surface area contributed by atoms with E-state index in [0.29, 0.717) is 0 Å². The predicted octanol–water partition coefficient (Wildman–Crippen LogP) is -3.34. The van der Waals surface area contributed by atoms with E-state index in [0.717, 1.165) is 0 Å². The largest absolute Gasteiger partial charge is 3.00 e. The Balaban J connectivity index is -0.0000000450. The van der Waals surface area contributed by atoms with Gasteiger partial charge in [-0.15, -0.1) is 0 Å². The van der Waals surface area contributed by atoms with Crippen molar-refractivity contribution in [2.45, 2.75) is 0 Å². The zero-order valence-corrected chi connectivity index (χ0v) is 7.35. The Labute approximate surface area is 100 Å². The molecule has 9 nitrogen and oxygen atoms in total. The van der Waals surface area contributed by atoms with E-state index in [-0.39, 0.29) is 36.9 Å². The molecule has 0 aliphatic carbocycles. The molecule has 82 valence electrons. The van der Waals surface area contributed by atoms with Crippen molar-refractivity contribution in [3.8, 4) is 0 Å². The van der Waals surface area contributed by atoms with Gasteiger partial charge in [0, 0.05) is 0 Å². The second-order valence-electron chi connectivity index (χ2n) is 0.798. The maximum absolute atomic E-state index is 8.44. The Hall–Kier alpha value is -0.956. The molecule has 3 N–H and O–H groups in total. The van der Waals surface area contributed by atoms with Crippen LogP contribution in [0, 0.1) is 36.9 Å². The van der Waals surface area contributed by atoms with Crippen molar-refractivity contribution < 1.29 is 81.9 Å². The molecule has 0 saturated carbocycles. The van der Waals surface area contributed by atoms with Crippen LogP contribution < -0.4 is 15.3 Å². The summed E-state index contributed by atoms with van der Waals surface area (Å²) >= 11 is 0. The van der Waals surface area contributed by atoms with E-state index in [9.17, 15) is 0 Å². The van der Waals surface area contributed by atoms with Crippen molar-refractivity contribution >= 4 is 18.5 Å². The molecular formula is C3H3O9Tm. The summed E-state index contributed by atoms with van der Waals surface area (Å²) in [6.45, 7) is 0. The van der Waals surface area contributed by atoms with Gasteiger partial charge in [0.25, 0.3) is 0 Å². The molecule has 10 heteroatoms. The molecule has 13 heavy (non-hydrogen) atoms. The molecule has 0 aliphatic heterocycles. The maximum Gasteiger partial charge on any atom is 3.00 e. The molecule has 0 aliphatic rings. The summed E-state index contributed by atoms with van der Waals surface area (Å²) < 4.78 is 0. The molecule has 0 amide bonds. The average Bonchev–Trinajstić information content (AvgIpc) is 1.54. The minimum absolute atomic E-state index is 0. The van der Waals surface area contributed by atoms with E-state index in [1.807, 2.05) is 0 Å². The van der Waals surface area contributed by atoms with Crippen LogP contribution in [0.5, 0.6) is 0 Å². The molecule has 0 radical (unpaired) electrons. The van der Waals surface area contributed by atoms with E-state index < -0.39 is 18.5 Å². The van der Waals surface area contributed by atoms with Gasteiger partial charge in [-0.05, 0) is 0 Å². The predicted molar refractivity (Wildman–Crippen MR) is 24.1 cm³/mol. The molecule has 0 unspecified atom stereocenters. The van der Waals surface area contributed by atoms with Crippen molar-refractivity contribution in [3.63, 3.8) is 0 Å². The second-order valence-corrected chi connectivity index (χ2v) is 0.798. The zero-order chi connectivity index (χ0) is 10.7. The fourth-order valence-corrected chi connectivity index (χ4v) is 0. The molecule has 0 aromatic rings. The van der Waals surface area contributed by atoms with Gasteiger partial charge in [0.05, 0.1) is 0 Å². The first-order valence-corrected chi connectivity index (χ1v) is 1.90. The standard InChI is InChI=1S/3CH2O3.Tm/c3*2-1(3)4;/h3*(H2,2,3,4);/q;;;+3/p-3. The summed E-state index contributed by atoms with van der Waals surface area (Å²) in [5, 5.41) is 45.9. The monoisotopic (exact) mass is 352 g/mol. The molecule has 0 spiro atoms. The van der Waals surface area contributed by atoms with Crippen LogP contribution in [-0.4, -0.2) is 33.8 Å². The van der Waals surface area contributed by atoms with E-state index in [1.54, 1.807) is 0 Å². The van der Waals surface area contributed by atoms with Crippen LogP contribution in [0.3, 0.4) is 0 Å². The third-order valence-electron chi connectivity index (χ3n) is 0. The van der Waals surface area contributed by atoms with Crippen LogP contribution in [-0.2, 0) is 0 Å². The van der Waals surface area contributed by atoms with Crippen LogP contribution in [0.25, 0.3) is 0 Å². The van der Waals surface area contributed by atoms with Crippen molar-refractivity contribution in [1.29, 1.82) is 0 Å². The summed E-state index contributed by atoms with van der Waals surface area (Å²) in [5.41, 5.74) is 0. The summed E-state index contributed by atoms with van der Waals surface area (Å²) in [6.07, 6.45) is -6.25. The molecular weight excluding hydrogens is 349 g/mol. The summed E-state index contributed by atoms with van der Waals surface area (Å²) in [7, 11) is 0. The number of hydrogen-bond donors (Lipinski definition) is 3. The second kappa shape index (κ2) is 17.2. The van der Waals surface area contributed by atoms with Gasteiger partial charge in [-0.25, -0.2) is 0 Å². The van der Waals surface area contributed by atoms with E-state index in [1.165, 1.54) is 0 Å². The van der Waals surface area contributed by atoms with Gasteiger partial charge in [0.15, 0.2) is 0 Å². The Bertz CT molecular complexity index is 112. The molecule has 0 aromatic heterocycles. The Morgan fingerprint density at radius 1 is 0.692 bits per heavy atom. The first kappa shape index (κ1) is 22.7. The van der Waals surface area contributed by atoms with Crippen LogP contribution in [0.15, 0.2) is 0 Å². The van der Waals surface area contributed by atoms with Crippen LogP contribution in [0.1, 0.15) is 0 Å². The molecule has 0 heterocycles. The van der Waals surface area contributed by atoms with Gasteiger partial charge in [-0.3, -0.25) is 0 Å². The van der Waals surface area contributed by atoms with Crippen molar-refractivity contribution in [1.82, 2.24) is 0 Å². The fourth-order valence-electron chi connectivity index (χ4n) is 0. The van der Waals surface area contributed by atoms with Crippen LogP contribution in [0.2, 0.25) is 0 Å². The van der Waals surface area contributed by atoms with E-state index in [2.05, 4.69) is 0 Å². The SMILES string of the molecule is O=C([O-])O.O=C([O-])O.O=C([O-])O.[Tm+3]. The molecule has 0 saturated heterocycles. The van der Waals surface area contributed by atoms with Gasteiger partial charge >= 0.3 is 36.9 Å². The van der Waals surface area contributed by atoms with Crippen LogP contribution >= 0.6 is 0 Å². The molecule has 0 fully saturated rings. The fraction of sp³-hybridized carbons (Fsp3) is 0. The average molecular weight is 352 g/mol. The Kier molecular flexibility index (Phi) is 30.1. The molecule has 0 rings (SSSR count). The van der Waals surface area contributed by atoms with Gasteiger partial charge in [0.2, 0.25) is 18.5 Å². The quantitative estimate of drug-likeness (QED) is 0.401. The summed E-state index contributed by atoms with van der Waals surface area (Å²) in [4.78, 5) is 25.3. The third kappa shape index (κ3) is 988. The zero-order valence-electron chi connectivity index (χ0n) is 5.57. The van der Waals surface area contributed by atoms with Crippen molar-refractivity contribution in [2.24, 2.45) is 0 Å². The van der Waals surface area contributed by atoms with Gasteiger partial charge < -0.3 is 45.0 Å².